The monoisotopic (exact) mass is 555 g/mol. The fourth-order valence-corrected chi connectivity index (χ4v) is 3.91. The Hall–Kier alpha value is -4.74. The molecule has 3 rings (SSSR count). The van der Waals surface area contributed by atoms with Crippen molar-refractivity contribution in [2.45, 2.75) is 45.3 Å². The molecule has 0 unspecified atom stereocenters. The van der Waals surface area contributed by atoms with E-state index in [0.717, 1.165) is 0 Å². The first kappa shape index (κ1) is 29.8. The van der Waals surface area contributed by atoms with Crippen LogP contribution in [0.2, 0.25) is 0 Å². The summed E-state index contributed by atoms with van der Waals surface area (Å²) in [6.07, 6.45) is -0.980. The Kier molecular flexibility index (Phi) is 9.25. The van der Waals surface area contributed by atoms with Crippen LogP contribution in [-0.4, -0.2) is 50.9 Å². The van der Waals surface area contributed by atoms with Crippen LogP contribution >= 0.6 is 0 Å². The lowest BCUT2D eigenvalue weighted by atomic mass is 10.1. The van der Waals surface area contributed by atoms with E-state index < -0.39 is 29.6 Å². The van der Waals surface area contributed by atoms with E-state index in [1.54, 1.807) is 45.0 Å². The topological polar surface area (TPSA) is 168 Å². The maximum atomic E-state index is 13.1. The molecule has 0 saturated carbocycles. The third kappa shape index (κ3) is 7.22. The highest BCUT2D eigenvalue weighted by Crippen LogP contribution is 2.42. The van der Waals surface area contributed by atoms with E-state index in [2.05, 4.69) is 10.6 Å². The molecule has 0 aliphatic carbocycles. The molecule has 0 aliphatic heterocycles. The third-order valence-corrected chi connectivity index (χ3v) is 5.62. The number of fused-ring (bicyclic) bond motifs is 1. The Balaban J connectivity index is 1.93. The molecule has 4 N–H and O–H groups in total. The number of methoxy groups -OCH3 is 3. The van der Waals surface area contributed by atoms with Crippen molar-refractivity contribution < 1.29 is 37.7 Å². The van der Waals surface area contributed by atoms with Crippen molar-refractivity contribution in [3.8, 4) is 28.6 Å². The first-order valence-electron chi connectivity index (χ1n) is 12.3. The molecule has 0 bridgehead atoms. The lowest BCUT2D eigenvalue weighted by Gasteiger charge is -2.23. The number of carbonyl (C=O) groups is 3. The number of alkyl carbamates (subject to hydrolysis) is 1. The summed E-state index contributed by atoms with van der Waals surface area (Å²) >= 11 is 0. The maximum Gasteiger partial charge on any atom is 0.408 e. The van der Waals surface area contributed by atoms with Crippen molar-refractivity contribution in [2.75, 3.05) is 26.6 Å². The van der Waals surface area contributed by atoms with Crippen molar-refractivity contribution in [3.05, 3.63) is 46.6 Å². The summed E-state index contributed by atoms with van der Waals surface area (Å²) in [4.78, 5) is 49.8. The summed E-state index contributed by atoms with van der Waals surface area (Å²) < 4.78 is 27.4. The quantitative estimate of drug-likeness (QED) is 0.338. The predicted octanol–water partition coefficient (Wildman–Crippen LogP) is 3.58. The van der Waals surface area contributed by atoms with Crippen LogP contribution in [0.15, 0.2) is 45.6 Å². The normalized spacial score (nSPS) is 11.8. The number of rotatable bonds is 10. The van der Waals surface area contributed by atoms with Crippen molar-refractivity contribution >= 4 is 34.6 Å². The van der Waals surface area contributed by atoms with Gasteiger partial charge in [-0.3, -0.25) is 14.4 Å². The molecule has 214 valence electrons. The van der Waals surface area contributed by atoms with Crippen LogP contribution in [0.4, 0.5) is 10.5 Å². The van der Waals surface area contributed by atoms with E-state index in [1.165, 1.54) is 33.5 Å². The number of ether oxygens (including phenoxy) is 4. The SMILES string of the molecule is COc1cc2oc(-c3cccc(NC(=O)[C@H](CCC(N)=O)NC(=O)OC(C)(C)C)c3)cc(=O)c2c(OC)c1OC. The van der Waals surface area contributed by atoms with Gasteiger partial charge in [0.1, 0.15) is 28.4 Å². The summed E-state index contributed by atoms with van der Waals surface area (Å²) in [6.45, 7) is 5.05. The number of primary amides is 1. The maximum absolute atomic E-state index is 13.1. The molecule has 1 aromatic heterocycles. The van der Waals surface area contributed by atoms with Gasteiger partial charge in [0.15, 0.2) is 16.9 Å². The van der Waals surface area contributed by atoms with E-state index in [-0.39, 0.29) is 46.5 Å². The fourth-order valence-electron chi connectivity index (χ4n) is 3.91. The van der Waals surface area contributed by atoms with E-state index in [0.29, 0.717) is 17.0 Å². The van der Waals surface area contributed by atoms with Gasteiger partial charge in [-0.05, 0) is 39.3 Å². The number of carbonyl (C=O) groups excluding carboxylic acids is 3. The average molecular weight is 556 g/mol. The van der Waals surface area contributed by atoms with Crippen LogP contribution in [0.1, 0.15) is 33.6 Å². The van der Waals surface area contributed by atoms with Gasteiger partial charge in [-0.2, -0.15) is 0 Å². The average Bonchev–Trinajstić information content (AvgIpc) is 2.88. The van der Waals surface area contributed by atoms with Gasteiger partial charge in [-0.25, -0.2) is 4.79 Å². The number of hydrogen-bond donors (Lipinski definition) is 3. The zero-order valence-corrected chi connectivity index (χ0v) is 23.2. The van der Waals surface area contributed by atoms with Crippen LogP contribution in [0.5, 0.6) is 17.2 Å². The predicted molar refractivity (Wildman–Crippen MR) is 148 cm³/mol. The van der Waals surface area contributed by atoms with E-state index in [4.69, 9.17) is 29.1 Å². The zero-order valence-electron chi connectivity index (χ0n) is 23.2. The second-order valence-electron chi connectivity index (χ2n) is 9.77. The fraction of sp³-hybridized carbons (Fsp3) is 0.357. The smallest absolute Gasteiger partial charge is 0.408 e. The van der Waals surface area contributed by atoms with Crippen molar-refractivity contribution in [2.24, 2.45) is 5.73 Å². The number of amides is 3. The Morgan fingerprint density at radius 1 is 1.00 bits per heavy atom. The van der Waals surface area contributed by atoms with Gasteiger partial charge >= 0.3 is 6.09 Å². The van der Waals surface area contributed by atoms with Gasteiger partial charge in [-0.1, -0.05) is 12.1 Å². The summed E-state index contributed by atoms with van der Waals surface area (Å²) in [7, 11) is 4.29. The van der Waals surface area contributed by atoms with Crippen LogP contribution in [0, 0.1) is 0 Å². The summed E-state index contributed by atoms with van der Waals surface area (Å²) in [5, 5.41) is 5.37. The van der Waals surface area contributed by atoms with E-state index in [1.807, 2.05) is 0 Å². The Morgan fingerprint density at radius 2 is 1.70 bits per heavy atom. The highest BCUT2D eigenvalue weighted by atomic mass is 16.6. The summed E-state index contributed by atoms with van der Waals surface area (Å²) in [6, 6.07) is 8.30. The van der Waals surface area contributed by atoms with Crippen molar-refractivity contribution in [1.29, 1.82) is 0 Å². The first-order chi connectivity index (χ1) is 18.9. The molecule has 1 heterocycles. The molecule has 40 heavy (non-hydrogen) atoms. The van der Waals surface area contributed by atoms with Gasteiger partial charge in [0, 0.05) is 29.8 Å². The molecule has 12 heteroatoms. The molecule has 0 spiro atoms. The number of benzene rings is 2. The first-order valence-corrected chi connectivity index (χ1v) is 12.3. The summed E-state index contributed by atoms with van der Waals surface area (Å²) in [5.41, 5.74) is 5.12. The second kappa shape index (κ2) is 12.4. The molecular weight excluding hydrogens is 522 g/mol. The minimum atomic E-state index is -1.10. The van der Waals surface area contributed by atoms with Crippen LogP contribution < -0.4 is 36.0 Å². The largest absolute Gasteiger partial charge is 0.493 e. The molecule has 1 atom stereocenters. The van der Waals surface area contributed by atoms with Gasteiger partial charge in [0.05, 0.1) is 21.3 Å². The third-order valence-electron chi connectivity index (χ3n) is 5.62. The van der Waals surface area contributed by atoms with Crippen LogP contribution in [-0.2, 0) is 14.3 Å². The molecule has 2 aromatic carbocycles. The van der Waals surface area contributed by atoms with Crippen LogP contribution in [0.3, 0.4) is 0 Å². The van der Waals surface area contributed by atoms with Crippen molar-refractivity contribution in [1.82, 2.24) is 5.32 Å². The van der Waals surface area contributed by atoms with Gasteiger partial charge in [0.25, 0.3) is 0 Å². The Bertz CT molecular complexity index is 1470. The number of hydrogen-bond acceptors (Lipinski definition) is 9. The summed E-state index contributed by atoms with van der Waals surface area (Å²) in [5.74, 6) is -0.243. The number of nitrogens with one attached hydrogen (secondary N) is 2. The minimum Gasteiger partial charge on any atom is -0.493 e. The minimum absolute atomic E-state index is 0.0349. The number of anilines is 1. The molecule has 0 aliphatic rings. The highest BCUT2D eigenvalue weighted by Gasteiger charge is 2.25. The Morgan fingerprint density at radius 3 is 2.30 bits per heavy atom. The highest BCUT2D eigenvalue weighted by molar-refractivity contribution is 5.97. The van der Waals surface area contributed by atoms with E-state index in [9.17, 15) is 19.2 Å². The van der Waals surface area contributed by atoms with E-state index >= 15 is 0 Å². The molecular formula is C28H33N3O9. The van der Waals surface area contributed by atoms with Crippen molar-refractivity contribution in [3.63, 3.8) is 0 Å². The standard InChI is InChI=1S/C28H33N3O9/c1-28(2,3)40-27(35)31-17(10-11-22(29)33)26(34)30-16-9-7-8-15(12-16)19-13-18(32)23-20(39-19)14-21(36-4)24(37-5)25(23)38-6/h7-9,12-14,17H,10-11H2,1-6H3,(H2,29,33)(H,30,34)(H,31,35)/t17-/m0/s1. The van der Waals surface area contributed by atoms with Gasteiger partial charge in [-0.15, -0.1) is 0 Å². The van der Waals surface area contributed by atoms with Crippen LogP contribution in [0.25, 0.3) is 22.3 Å². The number of nitrogens with two attached hydrogens (primary N) is 1. The van der Waals surface area contributed by atoms with Gasteiger partial charge in [0.2, 0.25) is 17.6 Å². The molecule has 3 aromatic rings. The lowest BCUT2D eigenvalue weighted by molar-refractivity contribution is -0.119. The molecule has 0 radical (unpaired) electrons. The molecule has 0 saturated heterocycles. The molecule has 12 nitrogen and oxygen atoms in total. The second-order valence-corrected chi connectivity index (χ2v) is 9.77. The zero-order chi connectivity index (χ0) is 29.6. The molecule has 3 amide bonds. The lowest BCUT2D eigenvalue weighted by Crippen LogP contribution is -2.46. The van der Waals surface area contributed by atoms with Gasteiger partial charge < -0.3 is 39.7 Å². The Labute approximate surface area is 230 Å². The molecule has 0 fully saturated rings.